The van der Waals surface area contributed by atoms with E-state index in [1.54, 1.807) is 12.0 Å². The molecule has 0 radical (unpaired) electrons. The van der Waals surface area contributed by atoms with Gasteiger partial charge in [-0.25, -0.2) is 0 Å². The highest BCUT2D eigenvalue weighted by Crippen LogP contribution is 2.33. The van der Waals surface area contributed by atoms with Crippen LogP contribution in [0.4, 0.5) is 5.69 Å². The first kappa shape index (κ1) is 22.9. The SMILES string of the molecule is CCN(C(=O)CSc1nnc(-c2ccccc2OC)n1-c1ccc(Cl)cc1)c1ccccc1. The van der Waals surface area contributed by atoms with E-state index in [2.05, 4.69) is 10.2 Å². The summed E-state index contributed by atoms with van der Waals surface area (Å²) < 4.78 is 7.46. The van der Waals surface area contributed by atoms with Crippen LogP contribution < -0.4 is 9.64 Å². The van der Waals surface area contributed by atoms with Gasteiger partial charge in [0.25, 0.3) is 0 Å². The summed E-state index contributed by atoms with van der Waals surface area (Å²) >= 11 is 7.46. The minimum atomic E-state index is -0.00167. The van der Waals surface area contributed by atoms with Crippen LogP contribution in [0.5, 0.6) is 5.75 Å². The van der Waals surface area contributed by atoms with Crippen molar-refractivity contribution in [3.63, 3.8) is 0 Å². The molecule has 6 nitrogen and oxygen atoms in total. The van der Waals surface area contributed by atoms with Gasteiger partial charge < -0.3 is 9.64 Å². The van der Waals surface area contributed by atoms with Crippen LogP contribution in [0.2, 0.25) is 5.02 Å². The number of amides is 1. The number of benzene rings is 3. The van der Waals surface area contributed by atoms with Crippen molar-refractivity contribution in [1.82, 2.24) is 14.8 Å². The lowest BCUT2D eigenvalue weighted by Gasteiger charge is -2.20. The van der Waals surface area contributed by atoms with E-state index in [1.807, 2.05) is 90.4 Å². The van der Waals surface area contributed by atoms with Gasteiger partial charge in [-0.1, -0.05) is 53.7 Å². The molecule has 0 saturated heterocycles. The maximum atomic E-state index is 13.0. The number of para-hydroxylation sites is 2. The fourth-order valence-corrected chi connectivity index (χ4v) is 4.46. The van der Waals surface area contributed by atoms with Crippen LogP contribution in [0, 0.1) is 0 Å². The largest absolute Gasteiger partial charge is 0.496 e. The number of nitrogens with zero attached hydrogens (tertiary/aromatic N) is 4. The molecular weight excluding hydrogens is 456 g/mol. The molecule has 3 aromatic carbocycles. The Morgan fingerprint density at radius 1 is 1.00 bits per heavy atom. The number of carbonyl (C=O) groups is 1. The van der Waals surface area contributed by atoms with Crippen LogP contribution in [0.25, 0.3) is 17.1 Å². The topological polar surface area (TPSA) is 60.3 Å². The van der Waals surface area contributed by atoms with Crippen molar-refractivity contribution in [2.75, 3.05) is 24.3 Å². The van der Waals surface area contributed by atoms with Crippen LogP contribution in [-0.4, -0.2) is 40.1 Å². The lowest BCUT2D eigenvalue weighted by molar-refractivity contribution is -0.116. The van der Waals surface area contributed by atoms with Crippen molar-refractivity contribution in [3.05, 3.63) is 83.9 Å². The summed E-state index contributed by atoms with van der Waals surface area (Å²) in [6, 6.07) is 24.7. The first-order chi connectivity index (χ1) is 16.1. The monoisotopic (exact) mass is 478 g/mol. The molecule has 0 spiro atoms. The van der Waals surface area contributed by atoms with E-state index in [4.69, 9.17) is 16.3 Å². The van der Waals surface area contributed by atoms with Crippen LogP contribution in [0.1, 0.15) is 6.92 Å². The van der Waals surface area contributed by atoms with Gasteiger partial charge in [-0.15, -0.1) is 10.2 Å². The zero-order valence-electron chi connectivity index (χ0n) is 18.3. The van der Waals surface area contributed by atoms with Gasteiger partial charge in [-0.3, -0.25) is 9.36 Å². The highest BCUT2D eigenvalue weighted by Gasteiger charge is 2.21. The standard InChI is InChI=1S/C25H23ClN4O2S/c1-3-29(19-9-5-4-6-10-19)23(31)17-33-25-28-27-24(21-11-7-8-12-22(21)32-2)30(25)20-15-13-18(26)14-16-20/h4-16H,3,17H2,1-2H3. The summed E-state index contributed by atoms with van der Waals surface area (Å²) in [4.78, 5) is 14.8. The predicted molar refractivity (Wildman–Crippen MR) is 134 cm³/mol. The van der Waals surface area contributed by atoms with Crippen LogP contribution >= 0.6 is 23.4 Å². The minimum Gasteiger partial charge on any atom is -0.496 e. The second-order valence-electron chi connectivity index (χ2n) is 7.08. The van der Waals surface area contributed by atoms with Gasteiger partial charge in [0.15, 0.2) is 11.0 Å². The molecule has 1 aromatic heterocycles. The molecule has 8 heteroatoms. The number of ether oxygens (including phenoxy) is 1. The fourth-order valence-electron chi connectivity index (χ4n) is 3.51. The second kappa shape index (κ2) is 10.6. The smallest absolute Gasteiger partial charge is 0.237 e. The average Bonchev–Trinajstić information content (AvgIpc) is 3.28. The van der Waals surface area contributed by atoms with Crippen molar-refractivity contribution in [3.8, 4) is 22.8 Å². The molecule has 1 amide bonds. The molecule has 0 aliphatic rings. The Morgan fingerprint density at radius 2 is 1.70 bits per heavy atom. The molecule has 0 fully saturated rings. The van der Waals surface area contributed by atoms with Crippen molar-refractivity contribution in [1.29, 1.82) is 0 Å². The van der Waals surface area contributed by atoms with E-state index in [-0.39, 0.29) is 11.7 Å². The molecule has 0 aliphatic heterocycles. The summed E-state index contributed by atoms with van der Waals surface area (Å²) in [6.07, 6.45) is 0. The number of aromatic nitrogens is 3. The second-order valence-corrected chi connectivity index (χ2v) is 8.46. The molecule has 168 valence electrons. The molecule has 0 aliphatic carbocycles. The van der Waals surface area contributed by atoms with Crippen molar-refractivity contribution in [2.45, 2.75) is 12.1 Å². The number of hydrogen-bond acceptors (Lipinski definition) is 5. The van der Waals surface area contributed by atoms with E-state index >= 15 is 0 Å². The van der Waals surface area contributed by atoms with Gasteiger partial charge in [-0.05, 0) is 55.5 Å². The number of carbonyl (C=O) groups excluding carboxylic acids is 1. The molecule has 0 N–H and O–H groups in total. The van der Waals surface area contributed by atoms with Crippen LogP contribution in [-0.2, 0) is 4.79 Å². The Bertz CT molecular complexity index is 1230. The van der Waals surface area contributed by atoms with E-state index in [9.17, 15) is 4.79 Å². The van der Waals surface area contributed by atoms with Crippen LogP contribution in [0.3, 0.4) is 0 Å². The number of hydrogen-bond donors (Lipinski definition) is 0. The molecule has 0 unspecified atom stereocenters. The summed E-state index contributed by atoms with van der Waals surface area (Å²) in [5.74, 6) is 1.53. The summed E-state index contributed by atoms with van der Waals surface area (Å²) in [7, 11) is 1.62. The van der Waals surface area contributed by atoms with Gasteiger partial charge in [-0.2, -0.15) is 0 Å². The Kier molecular flexibility index (Phi) is 7.32. The minimum absolute atomic E-state index is 0.00167. The molecular formula is C25H23ClN4O2S. The molecule has 1 heterocycles. The van der Waals surface area contributed by atoms with Crippen LogP contribution in [0.15, 0.2) is 84.0 Å². The lowest BCUT2D eigenvalue weighted by Crippen LogP contribution is -2.32. The Morgan fingerprint density at radius 3 is 2.39 bits per heavy atom. The number of thioether (sulfide) groups is 1. The zero-order valence-corrected chi connectivity index (χ0v) is 19.9. The number of methoxy groups -OCH3 is 1. The predicted octanol–water partition coefficient (Wildman–Crippen LogP) is 5.74. The van der Waals surface area contributed by atoms with Gasteiger partial charge in [0.1, 0.15) is 5.75 Å². The molecule has 0 bridgehead atoms. The molecule has 0 atom stereocenters. The van der Waals surface area contributed by atoms with Gasteiger partial charge in [0.05, 0.1) is 18.4 Å². The van der Waals surface area contributed by atoms with Gasteiger partial charge >= 0.3 is 0 Å². The Labute approximate surface area is 202 Å². The quantitative estimate of drug-likeness (QED) is 0.302. The highest BCUT2D eigenvalue weighted by atomic mass is 35.5. The first-order valence-electron chi connectivity index (χ1n) is 10.4. The van der Waals surface area contributed by atoms with E-state index in [0.717, 1.165) is 16.9 Å². The highest BCUT2D eigenvalue weighted by molar-refractivity contribution is 7.99. The normalized spacial score (nSPS) is 10.8. The first-order valence-corrected chi connectivity index (χ1v) is 11.8. The van der Waals surface area contributed by atoms with E-state index in [1.165, 1.54) is 11.8 Å². The molecule has 0 saturated carbocycles. The number of rotatable bonds is 8. The van der Waals surface area contributed by atoms with Crippen molar-refractivity contribution >= 4 is 35.0 Å². The Hall–Kier alpha value is -3.29. The van der Waals surface area contributed by atoms with Gasteiger partial charge in [0.2, 0.25) is 5.91 Å². The molecule has 33 heavy (non-hydrogen) atoms. The molecule has 4 aromatic rings. The van der Waals surface area contributed by atoms with Crippen molar-refractivity contribution in [2.24, 2.45) is 0 Å². The third-order valence-corrected chi connectivity index (χ3v) is 6.24. The van der Waals surface area contributed by atoms with E-state index in [0.29, 0.717) is 28.3 Å². The third kappa shape index (κ3) is 5.05. The third-order valence-electron chi connectivity index (χ3n) is 5.08. The van der Waals surface area contributed by atoms with E-state index < -0.39 is 0 Å². The summed E-state index contributed by atoms with van der Waals surface area (Å²) in [5, 5.41) is 10.1. The Balaban J connectivity index is 1.68. The fraction of sp³-hybridized carbons (Fsp3) is 0.160. The number of anilines is 1. The average molecular weight is 479 g/mol. The molecule has 4 rings (SSSR count). The maximum absolute atomic E-state index is 13.0. The number of halogens is 1. The zero-order chi connectivity index (χ0) is 23.2. The summed E-state index contributed by atoms with van der Waals surface area (Å²) in [6.45, 7) is 2.55. The maximum Gasteiger partial charge on any atom is 0.237 e. The van der Waals surface area contributed by atoms with Crippen molar-refractivity contribution < 1.29 is 9.53 Å². The lowest BCUT2D eigenvalue weighted by atomic mass is 10.2. The van der Waals surface area contributed by atoms with Gasteiger partial charge in [0, 0.05) is 22.9 Å². The summed E-state index contributed by atoms with van der Waals surface area (Å²) in [5.41, 5.74) is 2.52.